The highest BCUT2D eigenvalue weighted by atomic mass is 35.5. The number of amides is 1. The van der Waals surface area contributed by atoms with E-state index < -0.39 is 0 Å². The van der Waals surface area contributed by atoms with Crippen molar-refractivity contribution >= 4 is 18.3 Å². The second-order valence-corrected chi connectivity index (χ2v) is 5.98. The molecule has 0 aliphatic carbocycles. The summed E-state index contributed by atoms with van der Waals surface area (Å²) in [4.78, 5) is 14.8. The summed E-state index contributed by atoms with van der Waals surface area (Å²) in [5.41, 5.74) is 0.699. The molecule has 2 aliphatic heterocycles. The van der Waals surface area contributed by atoms with E-state index in [0.717, 1.165) is 50.9 Å². The molecular formula is C17H25ClN2O2. The van der Waals surface area contributed by atoms with Crippen LogP contribution in [0.2, 0.25) is 0 Å². The van der Waals surface area contributed by atoms with Gasteiger partial charge < -0.3 is 15.0 Å². The van der Waals surface area contributed by atoms with Crippen LogP contribution in [0.3, 0.4) is 0 Å². The van der Waals surface area contributed by atoms with Gasteiger partial charge in [0.2, 0.25) is 0 Å². The smallest absolute Gasteiger partial charge is 0.257 e. The van der Waals surface area contributed by atoms with E-state index in [-0.39, 0.29) is 18.3 Å². The van der Waals surface area contributed by atoms with Gasteiger partial charge in [0.1, 0.15) is 5.75 Å². The van der Waals surface area contributed by atoms with E-state index in [0.29, 0.717) is 17.9 Å². The summed E-state index contributed by atoms with van der Waals surface area (Å²) in [6.07, 6.45) is 2.22. The molecule has 0 aromatic heterocycles. The number of likely N-dealkylation sites (tertiary alicyclic amines) is 1. The SMILES string of the molecule is CCOc1ccccc1C(=O)N1CC[C@@H]2CNC[C@@H]2CC1.Cl. The third-order valence-corrected chi connectivity index (χ3v) is 4.72. The third kappa shape index (κ3) is 3.55. The van der Waals surface area contributed by atoms with Crippen LogP contribution in [0.25, 0.3) is 0 Å². The molecule has 122 valence electrons. The Labute approximate surface area is 138 Å². The first-order chi connectivity index (χ1) is 10.3. The van der Waals surface area contributed by atoms with E-state index in [1.807, 2.05) is 36.1 Å². The van der Waals surface area contributed by atoms with Crippen molar-refractivity contribution in [2.24, 2.45) is 11.8 Å². The maximum atomic E-state index is 12.8. The van der Waals surface area contributed by atoms with E-state index in [1.165, 1.54) is 0 Å². The molecule has 1 amide bonds. The van der Waals surface area contributed by atoms with Crippen LogP contribution in [-0.4, -0.2) is 43.6 Å². The molecule has 5 heteroatoms. The fourth-order valence-electron chi connectivity index (χ4n) is 3.52. The molecule has 4 nitrogen and oxygen atoms in total. The van der Waals surface area contributed by atoms with Gasteiger partial charge in [0.05, 0.1) is 12.2 Å². The normalized spacial score (nSPS) is 24.1. The van der Waals surface area contributed by atoms with Crippen LogP contribution in [0.1, 0.15) is 30.1 Å². The van der Waals surface area contributed by atoms with Crippen molar-refractivity contribution in [1.29, 1.82) is 0 Å². The Kier molecular flexibility index (Phi) is 6.09. The molecule has 1 N–H and O–H groups in total. The van der Waals surface area contributed by atoms with Crippen molar-refractivity contribution in [3.63, 3.8) is 0 Å². The number of ether oxygens (including phenoxy) is 1. The Balaban J connectivity index is 0.00000176. The number of nitrogens with one attached hydrogen (secondary N) is 1. The number of hydrogen-bond donors (Lipinski definition) is 1. The Hall–Kier alpha value is -1.26. The Bertz CT molecular complexity index is 495. The van der Waals surface area contributed by atoms with E-state index in [9.17, 15) is 4.79 Å². The first-order valence-electron chi connectivity index (χ1n) is 8.01. The van der Waals surface area contributed by atoms with E-state index in [2.05, 4.69) is 5.32 Å². The lowest BCUT2D eigenvalue weighted by molar-refractivity contribution is 0.0754. The molecule has 0 saturated carbocycles. The van der Waals surface area contributed by atoms with Crippen LogP contribution >= 0.6 is 12.4 Å². The number of hydrogen-bond acceptors (Lipinski definition) is 3. The summed E-state index contributed by atoms with van der Waals surface area (Å²) in [6.45, 7) is 6.48. The maximum absolute atomic E-state index is 12.8. The van der Waals surface area contributed by atoms with Gasteiger partial charge in [-0.15, -0.1) is 12.4 Å². The average molecular weight is 325 g/mol. The van der Waals surface area contributed by atoms with Gasteiger partial charge in [0.25, 0.3) is 5.91 Å². The van der Waals surface area contributed by atoms with Crippen molar-refractivity contribution in [2.45, 2.75) is 19.8 Å². The summed E-state index contributed by atoms with van der Waals surface area (Å²) < 4.78 is 5.60. The molecule has 1 aromatic rings. The molecule has 0 radical (unpaired) electrons. The van der Waals surface area contributed by atoms with Crippen molar-refractivity contribution in [2.75, 3.05) is 32.8 Å². The number of fused-ring (bicyclic) bond motifs is 1. The molecule has 0 bridgehead atoms. The molecule has 2 fully saturated rings. The van der Waals surface area contributed by atoms with Gasteiger partial charge in [-0.3, -0.25) is 4.79 Å². The maximum Gasteiger partial charge on any atom is 0.257 e. The Morgan fingerprint density at radius 3 is 2.50 bits per heavy atom. The van der Waals surface area contributed by atoms with Crippen molar-refractivity contribution < 1.29 is 9.53 Å². The molecule has 2 aliphatic rings. The highest BCUT2D eigenvalue weighted by molar-refractivity contribution is 5.97. The second-order valence-electron chi connectivity index (χ2n) is 5.98. The van der Waals surface area contributed by atoms with Gasteiger partial charge in [-0.25, -0.2) is 0 Å². The van der Waals surface area contributed by atoms with Crippen LogP contribution in [0, 0.1) is 11.8 Å². The third-order valence-electron chi connectivity index (χ3n) is 4.72. The monoisotopic (exact) mass is 324 g/mol. The minimum Gasteiger partial charge on any atom is -0.493 e. The Morgan fingerprint density at radius 1 is 1.23 bits per heavy atom. The van der Waals surface area contributed by atoms with Crippen molar-refractivity contribution in [3.05, 3.63) is 29.8 Å². The number of nitrogens with zero attached hydrogens (tertiary/aromatic N) is 1. The van der Waals surface area contributed by atoms with Gasteiger partial charge in [0.15, 0.2) is 0 Å². The number of benzene rings is 1. The predicted molar refractivity (Wildman–Crippen MR) is 89.8 cm³/mol. The molecule has 2 atom stereocenters. The first-order valence-corrected chi connectivity index (χ1v) is 8.01. The average Bonchev–Trinajstić information content (AvgIpc) is 2.86. The quantitative estimate of drug-likeness (QED) is 0.929. The molecule has 2 saturated heterocycles. The molecule has 22 heavy (non-hydrogen) atoms. The predicted octanol–water partition coefficient (Wildman–Crippen LogP) is 2.58. The topological polar surface area (TPSA) is 41.6 Å². The summed E-state index contributed by atoms with van der Waals surface area (Å²) in [5, 5.41) is 3.47. The fraction of sp³-hybridized carbons (Fsp3) is 0.588. The van der Waals surface area contributed by atoms with Crippen molar-refractivity contribution in [1.82, 2.24) is 10.2 Å². The minimum atomic E-state index is 0. The van der Waals surface area contributed by atoms with Gasteiger partial charge in [-0.2, -0.15) is 0 Å². The lowest BCUT2D eigenvalue weighted by Crippen LogP contribution is -2.33. The molecular weight excluding hydrogens is 300 g/mol. The zero-order valence-electron chi connectivity index (χ0n) is 13.1. The second kappa shape index (κ2) is 7.84. The van der Waals surface area contributed by atoms with Gasteiger partial charge in [-0.05, 0) is 56.8 Å². The summed E-state index contributed by atoms with van der Waals surface area (Å²) in [7, 11) is 0. The largest absolute Gasteiger partial charge is 0.493 e. The molecule has 0 unspecified atom stereocenters. The van der Waals surface area contributed by atoms with Gasteiger partial charge in [-0.1, -0.05) is 12.1 Å². The number of rotatable bonds is 3. The lowest BCUT2D eigenvalue weighted by atomic mass is 9.92. The Morgan fingerprint density at radius 2 is 1.86 bits per heavy atom. The highest BCUT2D eigenvalue weighted by Crippen LogP contribution is 2.28. The summed E-state index contributed by atoms with van der Waals surface area (Å²) >= 11 is 0. The van der Waals surface area contributed by atoms with E-state index in [1.54, 1.807) is 0 Å². The molecule has 1 aromatic carbocycles. The van der Waals surface area contributed by atoms with Gasteiger partial charge in [0, 0.05) is 13.1 Å². The minimum absolute atomic E-state index is 0. The summed E-state index contributed by atoms with van der Waals surface area (Å²) in [6, 6.07) is 7.58. The first kappa shape index (κ1) is 17.1. The zero-order chi connectivity index (χ0) is 14.7. The van der Waals surface area contributed by atoms with Crippen LogP contribution in [0.5, 0.6) is 5.75 Å². The fourth-order valence-corrected chi connectivity index (χ4v) is 3.52. The summed E-state index contributed by atoms with van der Waals surface area (Å²) in [5.74, 6) is 2.30. The number of halogens is 1. The van der Waals surface area contributed by atoms with Crippen LogP contribution in [0.4, 0.5) is 0 Å². The number of carbonyl (C=O) groups excluding carboxylic acids is 1. The standard InChI is InChI=1S/C17H24N2O2.ClH/c1-2-21-16-6-4-3-5-15(16)17(20)19-9-7-13-11-18-12-14(13)8-10-19;/h3-6,13-14,18H,2,7-12H2,1H3;1H/t13-,14+;. The van der Waals surface area contributed by atoms with E-state index >= 15 is 0 Å². The molecule has 0 spiro atoms. The van der Waals surface area contributed by atoms with Crippen molar-refractivity contribution in [3.8, 4) is 5.75 Å². The number of carbonyl (C=O) groups is 1. The molecule has 3 rings (SSSR count). The number of para-hydroxylation sites is 1. The van der Waals surface area contributed by atoms with Crippen LogP contribution in [-0.2, 0) is 0 Å². The van der Waals surface area contributed by atoms with Gasteiger partial charge >= 0.3 is 0 Å². The molecule has 2 heterocycles. The highest BCUT2D eigenvalue weighted by Gasteiger charge is 2.32. The van der Waals surface area contributed by atoms with Crippen LogP contribution < -0.4 is 10.1 Å². The lowest BCUT2D eigenvalue weighted by Gasteiger charge is -2.22. The van der Waals surface area contributed by atoms with Crippen LogP contribution in [0.15, 0.2) is 24.3 Å². The van der Waals surface area contributed by atoms with E-state index in [4.69, 9.17) is 4.74 Å². The zero-order valence-corrected chi connectivity index (χ0v) is 13.9.